The van der Waals surface area contributed by atoms with Crippen molar-refractivity contribution in [1.82, 2.24) is 10.2 Å². The summed E-state index contributed by atoms with van der Waals surface area (Å²) in [5, 5.41) is 16.2. The van der Waals surface area contributed by atoms with Gasteiger partial charge < -0.3 is 35.8 Å². The van der Waals surface area contributed by atoms with Gasteiger partial charge in [0.05, 0.1) is 13.5 Å². The van der Waals surface area contributed by atoms with Crippen LogP contribution in [-0.2, 0) is 19.1 Å². The number of primary amides is 1. The largest absolute Gasteiger partial charge is 0.507 e. The molecule has 2 aromatic carbocycles. The van der Waals surface area contributed by atoms with Crippen molar-refractivity contribution in [1.29, 1.82) is 0 Å². The third-order valence-corrected chi connectivity index (χ3v) is 5.78. The molecule has 2 atom stereocenters. The van der Waals surface area contributed by atoms with Gasteiger partial charge >= 0.3 is 6.09 Å². The number of nitrogens with zero attached hydrogens (tertiary/aromatic N) is 1. The molecular weight excluding hydrogens is 516 g/mol. The van der Waals surface area contributed by atoms with Crippen LogP contribution in [0.1, 0.15) is 65.1 Å². The van der Waals surface area contributed by atoms with Gasteiger partial charge in [-0.2, -0.15) is 0 Å². The number of carbonyl (C=O) groups excluding carboxylic acids is 4. The van der Waals surface area contributed by atoms with Crippen LogP contribution in [0.4, 0.5) is 10.5 Å². The lowest BCUT2D eigenvalue weighted by Gasteiger charge is -2.43. The van der Waals surface area contributed by atoms with Gasteiger partial charge in [-0.05, 0) is 78.3 Å². The Morgan fingerprint density at radius 2 is 1.60 bits per heavy atom. The first-order valence-corrected chi connectivity index (χ1v) is 12.8. The summed E-state index contributed by atoms with van der Waals surface area (Å²) in [4.78, 5) is 53.9. The van der Waals surface area contributed by atoms with Gasteiger partial charge in [0.1, 0.15) is 29.2 Å². The minimum absolute atomic E-state index is 0.157. The highest BCUT2D eigenvalue weighted by molar-refractivity contribution is 6.00. The molecule has 218 valence electrons. The van der Waals surface area contributed by atoms with Crippen molar-refractivity contribution in [2.75, 3.05) is 12.4 Å². The summed E-state index contributed by atoms with van der Waals surface area (Å²) in [7, 11) is 1.52. The standard InChI is InChI=1S/C29H40N4O7/c1-17-10-9-11-20(24(17)35)23(25(36)31-18-12-14-19(39-8)15-13-18)33(28(2,3)4)26(37)21(16-22(30)34)32-27(38)40-29(5,6)7/h9-15,21,23,35H,16H2,1-8H3,(H2,30,34)(H,31,36)(H,32,38). The fraction of sp³-hybridized carbons (Fsp3) is 0.448. The molecule has 0 heterocycles. The monoisotopic (exact) mass is 556 g/mol. The number of benzene rings is 2. The molecule has 0 aliphatic carbocycles. The quantitative estimate of drug-likeness (QED) is 0.365. The number of nitrogens with one attached hydrogen (secondary N) is 2. The van der Waals surface area contributed by atoms with Gasteiger partial charge in [0.25, 0.3) is 5.91 Å². The third-order valence-electron chi connectivity index (χ3n) is 5.78. The maximum atomic E-state index is 14.1. The Morgan fingerprint density at radius 3 is 2.10 bits per heavy atom. The first kappa shape index (κ1) is 31.9. The Balaban J connectivity index is 2.64. The van der Waals surface area contributed by atoms with Crippen LogP contribution in [-0.4, -0.2) is 58.1 Å². The second-order valence-electron chi connectivity index (χ2n) is 11.4. The van der Waals surface area contributed by atoms with E-state index < -0.39 is 53.5 Å². The number of methoxy groups -OCH3 is 1. The van der Waals surface area contributed by atoms with Gasteiger partial charge in [-0.3, -0.25) is 14.4 Å². The Morgan fingerprint density at radius 1 is 1.00 bits per heavy atom. The van der Waals surface area contributed by atoms with E-state index >= 15 is 0 Å². The normalized spacial score (nSPS) is 13.0. The van der Waals surface area contributed by atoms with Gasteiger partial charge in [0, 0.05) is 16.8 Å². The van der Waals surface area contributed by atoms with Gasteiger partial charge in [-0.1, -0.05) is 18.2 Å². The van der Waals surface area contributed by atoms with E-state index in [0.29, 0.717) is 17.0 Å². The molecule has 0 aliphatic rings. The number of ether oxygens (including phenoxy) is 2. The Kier molecular flexibility index (Phi) is 10.2. The predicted molar refractivity (Wildman–Crippen MR) is 151 cm³/mol. The maximum Gasteiger partial charge on any atom is 0.408 e. The summed E-state index contributed by atoms with van der Waals surface area (Å²) in [6, 6.07) is 8.63. The molecule has 0 bridgehead atoms. The number of para-hydroxylation sites is 1. The number of phenolic OH excluding ortho intramolecular Hbond substituents is 1. The number of aryl methyl sites for hydroxylation is 1. The number of rotatable bonds is 9. The van der Waals surface area contributed by atoms with E-state index in [9.17, 15) is 24.3 Å². The van der Waals surface area contributed by atoms with Crippen LogP contribution in [0, 0.1) is 6.92 Å². The number of hydrogen-bond acceptors (Lipinski definition) is 7. The summed E-state index contributed by atoms with van der Waals surface area (Å²) in [5.74, 6) is -1.84. The molecule has 11 heteroatoms. The van der Waals surface area contributed by atoms with Gasteiger partial charge in [-0.25, -0.2) is 4.79 Å². The van der Waals surface area contributed by atoms with Gasteiger partial charge in [0.15, 0.2) is 0 Å². The first-order chi connectivity index (χ1) is 18.4. The van der Waals surface area contributed by atoms with Crippen LogP contribution < -0.4 is 21.1 Å². The highest BCUT2D eigenvalue weighted by Crippen LogP contribution is 2.37. The molecule has 2 rings (SSSR count). The molecule has 0 fully saturated rings. The number of aromatic hydroxyl groups is 1. The van der Waals surface area contributed by atoms with Crippen molar-refractivity contribution in [3.63, 3.8) is 0 Å². The molecule has 0 aliphatic heterocycles. The van der Waals surface area contributed by atoms with E-state index in [0.717, 1.165) is 0 Å². The summed E-state index contributed by atoms with van der Waals surface area (Å²) in [6.07, 6.45) is -1.48. The Hall–Kier alpha value is -4.28. The summed E-state index contributed by atoms with van der Waals surface area (Å²) >= 11 is 0. The predicted octanol–water partition coefficient (Wildman–Crippen LogP) is 3.78. The SMILES string of the molecule is COc1ccc(NC(=O)C(c2cccc(C)c2O)N(C(=O)C(CC(N)=O)NC(=O)OC(C)(C)C)C(C)(C)C)cc1. The van der Waals surface area contributed by atoms with E-state index in [1.54, 1.807) is 84.9 Å². The van der Waals surface area contributed by atoms with Crippen LogP contribution in [0.2, 0.25) is 0 Å². The first-order valence-electron chi connectivity index (χ1n) is 12.8. The molecule has 5 N–H and O–H groups in total. The van der Waals surface area contributed by atoms with Crippen LogP contribution in [0.15, 0.2) is 42.5 Å². The second-order valence-corrected chi connectivity index (χ2v) is 11.4. The molecule has 0 saturated carbocycles. The minimum Gasteiger partial charge on any atom is -0.507 e. The van der Waals surface area contributed by atoms with Crippen LogP contribution in [0.25, 0.3) is 0 Å². The van der Waals surface area contributed by atoms with Crippen LogP contribution in [0.5, 0.6) is 11.5 Å². The van der Waals surface area contributed by atoms with Crippen molar-refractivity contribution >= 4 is 29.5 Å². The number of nitrogens with two attached hydrogens (primary N) is 1. The molecule has 0 spiro atoms. The van der Waals surface area contributed by atoms with Crippen molar-refractivity contribution < 1.29 is 33.8 Å². The number of hydrogen-bond donors (Lipinski definition) is 4. The van der Waals surface area contributed by atoms with Crippen molar-refractivity contribution in [2.45, 2.75) is 78.1 Å². The average molecular weight is 557 g/mol. The molecule has 0 radical (unpaired) electrons. The lowest BCUT2D eigenvalue weighted by Crippen LogP contribution is -2.58. The zero-order valence-electron chi connectivity index (χ0n) is 24.3. The topological polar surface area (TPSA) is 160 Å². The molecule has 0 aromatic heterocycles. The number of alkyl carbamates (subject to hydrolysis) is 1. The molecule has 40 heavy (non-hydrogen) atoms. The average Bonchev–Trinajstić information content (AvgIpc) is 2.82. The molecule has 0 saturated heterocycles. The van der Waals surface area contributed by atoms with E-state index in [1.807, 2.05) is 0 Å². The lowest BCUT2D eigenvalue weighted by atomic mass is 9.93. The Labute approximate surface area is 235 Å². The molecule has 11 nitrogen and oxygen atoms in total. The number of carbonyl (C=O) groups is 4. The summed E-state index contributed by atoms with van der Waals surface area (Å²) < 4.78 is 10.5. The zero-order chi connectivity index (χ0) is 30.4. The summed E-state index contributed by atoms with van der Waals surface area (Å²) in [6.45, 7) is 11.7. The van der Waals surface area contributed by atoms with Crippen LogP contribution >= 0.6 is 0 Å². The second kappa shape index (κ2) is 12.7. The molecule has 4 amide bonds. The van der Waals surface area contributed by atoms with Crippen molar-refractivity contribution in [2.24, 2.45) is 5.73 Å². The maximum absolute atomic E-state index is 14.1. The smallest absolute Gasteiger partial charge is 0.408 e. The van der Waals surface area contributed by atoms with Crippen LogP contribution in [0.3, 0.4) is 0 Å². The lowest BCUT2D eigenvalue weighted by molar-refractivity contribution is -0.147. The zero-order valence-corrected chi connectivity index (χ0v) is 24.3. The van der Waals surface area contributed by atoms with Crippen molar-refractivity contribution in [3.05, 3.63) is 53.6 Å². The molecule has 2 unspecified atom stereocenters. The highest BCUT2D eigenvalue weighted by Gasteiger charge is 2.43. The number of phenols is 1. The third kappa shape index (κ3) is 8.62. The van der Waals surface area contributed by atoms with Gasteiger partial charge in [-0.15, -0.1) is 0 Å². The fourth-order valence-electron chi connectivity index (χ4n) is 4.05. The fourth-order valence-corrected chi connectivity index (χ4v) is 4.05. The highest BCUT2D eigenvalue weighted by atomic mass is 16.6. The molecule has 2 aromatic rings. The van der Waals surface area contributed by atoms with E-state index in [1.165, 1.54) is 18.1 Å². The Bertz CT molecular complexity index is 1230. The van der Waals surface area contributed by atoms with E-state index in [4.69, 9.17) is 15.2 Å². The molecular formula is C29H40N4O7. The summed E-state index contributed by atoms with van der Waals surface area (Å²) in [5.41, 5.74) is 4.58. The van der Waals surface area contributed by atoms with Gasteiger partial charge in [0.2, 0.25) is 11.8 Å². The number of anilines is 1. The van der Waals surface area contributed by atoms with E-state index in [2.05, 4.69) is 10.6 Å². The van der Waals surface area contributed by atoms with E-state index in [-0.39, 0.29) is 11.3 Å². The minimum atomic E-state index is -1.45. The van der Waals surface area contributed by atoms with Crippen molar-refractivity contribution in [3.8, 4) is 11.5 Å². The number of amides is 4.